The van der Waals surface area contributed by atoms with E-state index >= 15 is 0 Å². The standard InChI is InChI=1S/C70H42N4/c1-71-52-37-39-61(66(43-52)47-30-28-44(29-31-47)50-17-11-18-51(42-50)54-24-12-25-56-53-19-6-5-14-45(53)36-38-60(54)56)59-22-9-10-23-65(59)70-73-68(48-15-3-2-4-16-48)72-69(74-70)49-34-32-46(33-35-49)55-40-41-64-58-21-8-7-20-57(58)63-27-13-26-62(55)67(63)64/h2-43H. The first-order valence-corrected chi connectivity index (χ1v) is 24.9. The number of benzene rings is 12. The predicted molar refractivity (Wildman–Crippen MR) is 307 cm³/mol. The molecule has 0 radical (unpaired) electrons. The highest BCUT2D eigenvalue weighted by molar-refractivity contribution is 6.19. The van der Waals surface area contributed by atoms with Crippen LogP contribution in [0.25, 0.3) is 149 Å². The topological polar surface area (TPSA) is 43.0 Å². The van der Waals surface area contributed by atoms with Gasteiger partial charge in [0.05, 0.1) is 6.57 Å². The minimum Gasteiger partial charge on any atom is -0.238 e. The molecule has 1 aliphatic rings. The van der Waals surface area contributed by atoms with E-state index in [2.05, 4.69) is 211 Å². The molecular formula is C70H42N4. The zero-order valence-electron chi connectivity index (χ0n) is 40.0. The highest BCUT2D eigenvalue weighted by atomic mass is 15.0. The average molecular weight is 939 g/mol. The number of nitrogens with zero attached hydrogens (tertiary/aromatic N) is 4. The maximum Gasteiger partial charge on any atom is 0.187 e. The van der Waals surface area contributed by atoms with Crippen molar-refractivity contribution in [2.45, 2.75) is 0 Å². The molecule has 0 unspecified atom stereocenters. The summed E-state index contributed by atoms with van der Waals surface area (Å²) in [7, 11) is 0. The first-order valence-electron chi connectivity index (χ1n) is 24.9. The predicted octanol–water partition coefficient (Wildman–Crippen LogP) is 18.9. The lowest BCUT2D eigenvalue weighted by Crippen LogP contribution is -2.01. The molecule has 0 bridgehead atoms. The first kappa shape index (κ1) is 42.8. The van der Waals surface area contributed by atoms with Gasteiger partial charge in [0.2, 0.25) is 0 Å². The van der Waals surface area contributed by atoms with Gasteiger partial charge in [-0.25, -0.2) is 19.8 Å². The molecule has 0 aliphatic heterocycles. The third-order valence-electron chi connectivity index (χ3n) is 14.7. The third-order valence-corrected chi connectivity index (χ3v) is 14.7. The molecule has 1 heterocycles. The highest BCUT2D eigenvalue weighted by Crippen LogP contribution is 2.49. The van der Waals surface area contributed by atoms with Gasteiger partial charge in [0.25, 0.3) is 0 Å². The van der Waals surface area contributed by atoms with Gasteiger partial charge in [-0.15, -0.1) is 0 Å². The summed E-state index contributed by atoms with van der Waals surface area (Å²) in [6.45, 7) is 8.03. The van der Waals surface area contributed by atoms with E-state index in [1.807, 2.05) is 48.5 Å². The number of hydrogen-bond donors (Lipinski definition) is 0. The molecule has 13 aromatic rings. The Balaban J connectivity index is 0.828. The van der Waals surface area contributed by atoms with Crippen LogP contribution in [-0.2, 0) is 0 Å². The van der Waals surface area contributed by atoms with Crippen molar-refractivity contribution < 1.29 is 0 Å². The number of fused-ring (bicyclic) bond motifs is 6. The van der Waals surface area contributed by atoms with Crippen molar-refractivity contribution in [3.63, 3.8) is 0 Å². The van der Waals surface area contributed by atoms with Crippen LogP contribution in [0.1, 0.15) is 0 Å². The largest absolute Gasteiger partial charge is 0.238 e. The fraction of sp³-hybridized carbons (Fsp3) is 0. The lowest BCUT2D eigenvalue weighted by molar-refractivity contribution is 1.07. The second-order valence-corrected chi connectivity index (χ2v) is 18.9. The fourth-order valence-electron chi connectivity index (χ4n) is 11.2. The van der Waals surface area contributed by atoms with Gasteiger partial charge in [0, 0.05) is 16.7 Å². The van der Waals surface area contributed by atoms with Crippen molar-refractivity contribution >= 4 is 38.0 Å². The highest BCUT2D eigenvalue weighted by Gasteiger charge is 2.23. The lowest BCUT2D eigenvalue weighted by atomic mass is 9.90. The summed E-state index contributed by atoms with van der Waals surface area (Å²) in [5.74, 6) is 1.74. The Morgan fingerprint density at radius 2 is 0.716 bits per heavy atom. The summed E-state index contributed by atoms with van der Waals surface area (Å²) in [6, 6.07) is 90.0. The Morgan fingerprint density at radius 3 is 1.47 bits per heavy atom. The molecule has 4 nitrogen and oxygen atoms in total. The molecule has 0 amide bonds. The Hall–Kier alpha value is -10.1. The molecule has 12 aromatic carbocycles. The summed E-state index contributed by atoms with van der Waals surface area (Å²) in [4.78, 5) is 19.5. The van der Waals surface area contributed by atoms with Crippen LogP contribution < -0.4 is 0 Å². The molecule has 0 fully saturated rings. The summed E-state index contributed by atoms with van der Waals surface area (Å²) in [5.41, 5.74) is 19.2. The number of aromatic nitrogens is 3. The number of rotatable bonds is 8. The van der Waals surface area contributed by atoms with Gasteiger partial charge >= 0.3 is 0 Å². The van der Waals surface area contributed by atoms with Crippen LogP contribution >= 0.6 is 0 Å². The average Bonchev–Trinajstić information content (AvgIpc) is 3.81. The van der Waals surface area contributed by atoms with Crippen LogP contribution in [0.5, 0.6) is 0 Å². The second kappa shape index (κ2) is 17.6. The molecule has 0 saturated carbocycles. The fourth-order valence-corrected chi connectivity index (χ4v) is 11.2. The Kier molecular flexibility index (Phi) is 10.2. The van der Waals surface area contributed by atoms with Crippen LogP contribution in [-0.4, -0.2) is 15.0 Å². The smallest absolute Gasteiger partial charge is 0.187 e. The zero-order chi connectivity index (χ0) is 49.1. The normalized spacial score (nSPS) is 11.5. The molecule has 0 atom stereocenters. The SMILES string of the molecule is [C-]#[N+]c1ccc(-c2ccccc2-c2nc(-c3ccccc3)nc(-c3ccc(-c4ccc5c6c(cccc46)-c4ccccc4-5)cc3)n2)c(-c2ccc(-c3cccc(-c4cccc5c4ccc4ccccc45)c3)cc2)c1. The molecule has 74 heavy (non-hydrogen) atoms. The van der Waals surface area contributed by atoms with E-state index in [4.69, 9.17) is 21.5 Å². The van der Waals surface area contributed by atoms with E-state index in [-0.39, 0.29) is 0 Å². The van der Waals surface area contributed by atoms with Crippen LogP contribution in [0.15, 0.2) is 255 Å². The summed E-state index contributed by atoms with van der Waals surface area (Å²) in [5, 5.41) is 7.54. The van der Waals surface area contributed by atoms with Gasteiger partial charge in [0.15, 0.2) is 23.2 Å². The summed E-state index contributed by atoms with van der Waals surface area (Å²) < 4.78 is 0. The Morgan fingerprint density at radius 1 is 0.243 bits per heavy atom. The zero-order valence-corrected chi connectivity index (χ0v) is 40.0. The van der Waals surface area contributed by atoms with Gasteiger partial charge in [0.1, 0.15) is 0 Å². The second-order valence-electron chi connectivity index (χ2n) is 18.9. The molecule has 0 N–H and O–H groups in total. The third kappa shape index (κ3) is 7.26. The number of hydrogen-bond acceptors (Lipinski definition) is 3. The van der Waals surface area contributed by atoms with E-state index in [0.717, 1.165) is 55.6 Å². The van der Waals surface area contributed by atoms with E-state index < -0.39 is 0 Å². The molecule has 342 valence electrons. The van der Waals surface area contributed by atoms with Gasteiger partial charge in [-0.3, -0.25) is 0 Å². The monoisotopic (exact) mass is 938 g/mol. The van der Waals surface area contributed by atoms with Crippen molar-refractivity contribution in [1.29, 1.82) is 0 Å². The van der Waals surface area contributed by atoms with E-state index in [1.165, 1.54) is 71.3 Å². The quantitative estimate of drug-likeness (QED) is 0.113. The van der Waals surface area contributed by atoms with Crippen LogP contribution in [0.4, 0.5) is 5.69 Å². The molecule has 1 aliphatic carbocycles. The minimum absolute atomic E-state index is 0.565. The van der Waals surface area contributed by atoms with Crippen LogP contribution in [0.3, 0.4) is 0 Å². The minimum atomic E-state index is 0.565. The molecular weight excluding hydrogens is 897 g/mol. The Bertz CT molecular complexity index is 4390. The molecule has 14 rings (SSSR count). The van der Waals surface area contributed by atoms with Crippen molar-refractivity contribution in [3.05, 3.63) is 266 Å². The van der Waals surface area contributed by atoms with Crippen molar-refractivity contribution in [2.24, 2.45) is 0 Å². The maximum absolute atomic E-state index is 8.03. The van der Waals surface area contributed by atoms with E-state index in [0.29, 0.717) is 23.2 Å². The van der Waals surface area contributed by atoms with Crippen molar-refractivity contribution in [1.82, 2.24) is 15.0 Å². The van der Waals surface area contributed by atoms with Crippen LogP contribution in [0.2, 0.25) is 0 Å². The Labute approximate surface area is 429 Å². The van der Waals surface area contributed by atoms with Crippen molar-refractivity contribution in [3.8, 4) is 112 Å². The van der Waals surface area contributed by atoms with Crippen LogP contribution in [0, 0.1) is 6.57 Å². The van der Waals surface area contributed by atoms with E-state index in [1.54, 1.807) is 0 Å². The molecule has 0 spiro atoms. The van der Waals surface area contributed by atoms with E-state index in [9.17, 15) is 0 Å². The summed E-state index contributed by atoms with van der Waals surface area (Å²) >= 11 is 0. The first-order chi connectivity index (χ1) is 36.6. The lowest BCUT2D eigenvalue weighted by Gasteiger charge is -2.16. The molecule has 0 saturated heterocycles. The molecule has 4 heteroatoms. The summed E-state index contributed by atoms with van der Waals surface area (Å²) in [6.07, 6.45) is 0. The van der Waals surface area contributed by atoms with Crippen molar-refractivity contribution in [2.75, 3.05) is 0 Å². The maximum atomic E-state index is 8.03. The van der Waals surface area contributed by atoms with Gasteiger partial charge in [-0.1, -0.05) is 243 Å². The van der Waals surface area contributed by atoms with Gasteiger partial charge in [-0.2, -0.15) is 0 Å². The van der Waals surface area contributed by atoms with Gasteiger partial charge in [-0.05, 0) is 122 Å². The van der Waals surface area contributed by atoms with Gasteiger partial charge < -0.3 is 0 Å². The molecule has 1 aromatic heterocycles.